The predicted octanol–water partition coefficient (Wildman–Crippen LogP) is 3.56. The van der Waals surface area contributed by atoms with E-state index in [1.807, 2.05) is 36.4 Å². The summed E-state index contributed by atoms with van der Waals surface area (Å²) < 4.78 is 9.60. The normalized spacial score (nSPS) is 9.20. The van der Waals surface area contributed by atoms with Crippen LogP contribution in [0.25, 0.3) is 11.4 Å². The van der Waals surface area contributed by atoms with Gasteiger partial charge in [0.05, 0.1) is 33.4 Å². The standard InChI is InChI=1S/C10H8N2.2C8H6Cl2O3.Cu.H2O/c1-3-7-11-9(5-1)10-6-2-4-8-12-10;2*9-5-1-2-7(6(10)3-5)13-4-8(11)12;;/h1-8H;2*1-3H,4H2,(H,11,12);;1H2/q;;;+2;/p-2. The van der Waals surface area contributed by atoms with Gasteiger partial charge in [0.15, 0.2) is 0 Å². The summed E-state index contributed by atoms with van der Waals surface area (Å²) in [6, 6.07) is 20.6. The second-order valence-electron chi connectivity index (χ2n) is 6.90. The van der Waals surface area contributed by atoms with Gasteiger partial charge in [-0.15, -0.1) is 0 Å². The molecule has 2 heterocycles. The average Bonchev–Trinajstić information content (AvgIpc) is 2.89. The Morgan fingerprint density at radius 1 is 0.650 bits per heavy atom. The second-order valence-corrected chi connectivity index (χ2v) is 8.59. The summed E-state index contributed by atoms with van der Waals surface area (Å²) in [7, 11) is 0. The van der Waals surface area contributed by atoms with Crippen LogP contribution in [0, 0.1) is 0 Å². The smallest absolute Gasteiger partial charge is 0.546 e. The molecule has 0 saturated heterocycles. The van der Waals surface area contributed by atoms with Crippen LogP contribution in [0.3, 0.4) is 0 Å². The maximum Gasteiger partial charge on any atom is 2.00 e. The van der Waals surface area contributed by atoms with Gasteiger partial charge in [-0.1, -0.05) is 58.5 Å². The van der Waals surface area contributed by atoms with E-state index >= 15 is 0 Å². The molecule has 0 aliphatic heterocycles. The third-order valence-corrected chi connectivity index (χ3v) is 5.13. The Balaban J connectivity index is 0.000000557. The topological polar surface area (TPSA) is 156 Å². The van der Waals surface area contributed by atoms with E-state index in [1.54, 1.807) is 24.5 Å². The molecule has 0 bridgehead atoms. The number of rotatable bonds is 7. The number of hydrogen-bond donors (Lipinski definition) is 0. The van der Waals surface area contributed by atoms with Gasteiger partial charge in [-0.2, -0.15) is 0 Å². The number of halogens is 4. The minimum atomic E-state index is -1.30. The molecule has 9 nitrogen and oxygen atoms in total. The van der Waals surface area contributed by atoms with Gasteiger partial charge in [0.25, 0.3) is 0 Å². The van der Waals surface area contributed by atoms with Crippen LogP contribution < -0.4 is 19.7 Å². The number of carbonyl (C=O) groups is 2. The molecule has 2 aromatic carbocycles. The number of pyridine rings is 2. The van der Waals surface area contributed by atoms with E-state index < -0.39 is 25.2 Å². The zero-order chi connectivity index (χ0) is 27.9. The number of aliphatic carboxylic acids is 2. The van der Waals surface area contributed by atoms with Gasteiger partial charge >= 0.3 is 17.1 Å². The van der Waals surface area contributed by atoms with Crippen LogP contribution in [0.4, 0.5) is 0 Å². The SMILES string of the molecule is O.O=C([O-])COc1ccc(Cl)cc1Cl.O=C([O-])COc1ccc(Cl)cc1Cl.[Cu+2].c1ccc(-c2ccccn2)nc1. The molecule has 0 aliphatic rings. The Bertz CT molecular complexity index is 1230. The largest absolute Gasteiger partial charge is 2.00 e. The van der Waals surface area contributed by atoms with Gasteiger partial charge in [-0.3, -0.25) is 9.97 Å². The Kier molecular flexibility index (Phi) is 18.4. The van der Waals surface area contributed by atoms with Crippen LogP contribution >= 0.6 is 46.4 Å². The third kappa shape index (κ3) is 14.3. The van der Waals surface area contributed by atoms with E-state index in [1.165, 1.54) is 24.3 Å². The minimum absolute atomic E-state index is 0. The van der Waals surface area contributed by atoms with Crippen molar-refractivity contribution >= 4 is 58.3 Å². The van der Waals surface area contributed by atoms with Crippen molar-refractivity contribution in [2.24, 2.45) is 0 Å². The molecule has 215 valence electrons. The number of carbonyl (C=O) groups excluding carboxylic acids is 2. The molecule has 0 saturated carbocycles. The molecular weight excluding hydrogens is 658 g/mol. The van der Waals surface area contributed by atoms with E-state index in [0.29, 0.717) is 10.0 Å². The van der Waals surface area contributed by atoms with Crippen LogP contribution in [0.15, 0.2) is 85.2 Å². The third-order valence-electron chi connectivity index (χ3n) is 4.07. The van der Waals surface area contributed by atoms with Crippen molar-refractivity contribution in [2.75, 3.05) is 13.2 Å². The summed E-state index contributed by atoms with van der Waals surface area (Å²) in [5.74, 6) is -2.05. The molecule has 1 radical (unpaired) electrons. The monoisotopic (exact) mass is 675 g/mol. The Labute approximate surface area is 260 Å². The molecule has 0 amide bonds. The second kappa shape index (κ2) is 19.9. The van der Waals surface area contributed by atoms with E-state index in [0.717, 1.165) is 11.4 Å². The number of aromatic nitrogens is 2. The van der Waals surface area contributed by atoms with Crippen molar-refractivity contribution in [1.82, 2.24) is 9.97 Å². The fourth-order valence-electron chi connectivity index (χ4n) is 2.49. The number of ether oxygens (including phenoxy) is 2. The molecule has 0 atom stereocenters. The Hall–Kier alpha value is -3.08. The molecule has 40 heavy (non-hydrogen) atoms. The van der Waals surface area contributed by atoms with Crippen molar-refractivity contribution in [2.45, 2.75) is 0 Å². The minimum Gasteiger partial charge on any atom is -0.546 e. The molecule has 2 aromatic heterocycles. The van der Waals surface area contributed by atoms with E-state index in [4.69, 9.17) is 55.9 Å². The zero-order valence-corrected chi connectivity index (χ0v) is 24.1. The van der Waals surface area contributed by atoms with Gasteiger partial charge in [-0.05, 0) is 60.7 Å². The van der Waals surface area contributed by atoms with Crippen molar-refractivity contribution in [3.05, 3.63) is 105 Å². The number of nitrogens with zero attached hydrogens (tertiary/aromatic N) is 2. The summed E-state index contributed by atoms with van der Waals surface area (Å²) in [4.78, 5) is 28.5. The van der Waals surface area contributed by atoms with Crippen LogP contribution in [0.1, 0.15) is 0 Å². The van der Waals surface area contributed by atoms with E-state index in [2.05, 4.69) is 9.97 Å². The summed E-state index contributed by atoms with van der Waals surface area (Å²) in [6.07, 6.45) is 3.54. The van der Waals surface area contributed by atoms with E-state index in [9.17, 15) is 19.8 Å². The number of benzene rings is 2. The van der Waals surface area contributed by atoms with Crippen molar-refractivity contribution in [3.8, 4) is 22.9 Å². The number of carboxylic acids is 2. The fraction of sp³-hybridized carbons (Fsp3) is 0.0769. The van der Waals surface area contributed by atoms with Gasteiger partial charge in [0.1, 0.15) is 24.7 Å². The summed E-state index contributed by atoms with van der Waals surface area (Å²) in [5.41, 5.74) is 1.83. The molecule has 0 fully saturated rings. The van der Waals surface area contributed by atoms with Crippen molar-refractivity contribution < 1.29 is 51.8 Å². The quantitative estimate of drug-likeness (QED) is 0.269. The fourth-order valence-corrected chi connectivity index (χ4v) is 3.41. The van der Waals surface area contributed by atoms with Crippen LogP contribution in [0.2, 0.25) is 20.1 Å². The van der Waals surface area contributed by atoms with Gasteiger partial charge < -0.3 is 34.8 Å². The summed E-state index contributed by atoms with van der Waals surface area (Å²) in [5, 5.41) is 21.6. The molecule has 0 aliphatic carbocycles. The number of carboxylic acid groups (broad SMARTS) is 2. The molecule has 4 rings (SSSR count). The molecule has 0 unspecified atom stereocenters. The average molecular weight is 678 g/mol. The number of hydrogen-bond acceptors (Lipinski definition) is 8. The molecule has 14 heteroatoms. The summed E-state index contributed by atoms with van der Waals surface area (Å²) in [6.45, 7) is -1.05. The van der Waals surface area contributed by atoms with Crippen LogP contribution in [-0.2, 0) is 26.7 Å². The van der Waals surface area contributed by atoms with Crippen molar-refractivity contribution in [3.63, 3.8) is 0 Å². The van der Waals surface area contributed by atoms with Crippen LogP contribution in [0.5, 0.6) is 11.5 Å². The first-order valence-electron chi connectivity index (χ1n) is 10.5. The Morgan fingerprint density at radius 2 is 1.02 bits per heavy atom. The first-order chi connectivity index (χ1) is 18.2. The molecule has 0 spiro atoms. The van der Waals surface area contributed by atoms with Gasteiger partial charge in [0, 0.05) is 22.4 Å². The predicted molar refractivity (Wildman–Crippen MR) is 145 cm³/mol. The first kappa shape index (κ1) is 36.9. The maximum atomic E-state index is 10.0. The molecule has 4 aromatic rings. The van der Waals surface area contributed by atoms with Crippen LogP contribution in [-0.4, -0.2) is 40.6 Å². The van der Waals surface area contributed by atoms with Gasteiger partial charge in [-0.25, -0.2) is 0 Å². The maximum absolute atomic E-state index is 10.0. The van der Waals surface area contributed by atoms with Crippen molar-refractivity contribution in [1.29, 1.82) is 0 Å². The molecule has 2 N–H and O–H groups in total. The van der Waals surface area contributed by atoms with Gasteiger partial charge in [0.2, 0.25) is 0 Å². The zero-order valence-electron chi connectivity index (χ0n) is 20.2. The Morgan fingerprint density at radius 3 is 1.30 bits per heavy atom. The summed E-state index contributed by atoms with van der Waals surface area (Å²) >= 11 is 22.6. The van der Waals surface area contributed by atoms with E-state index in [-0.39, 0.29) is 44.1 Å². The molecular formula is C26H20Cl4CuN2O7. The first-order valence-corrected chi connectivity index (χ1v) is 12.0.